The van der Waals surface area contributed by atoms with Crippen molar-refractivity contribution in [3.8, 4) is 17.5 Å². The quantitative estimate of drug-likeness (QED) is 0.428. The Morgan fingerprint density at radius 2 is 2.22 bits per heavy atom. The number of aromatic amines is 1. The molecule has 0 aliphatic carbocycles. The molecule has 0 unspecified atom stereocenters. The molecule has 2 N–H and O–H groups in total. The van der Waals surface area contributed by atoms with E-state index in [2.05, 4.69) is 20.3 Å². The molecule has 4 heterocycles. The summed E-state index contributed by atoms with van der Waals surface area (Å²) in [6, 6.07) is 4.31. The molecule has 0 radical (unpaired) electrons. The molecule has 1 aliphatic heterocycles. The van der Waals surface area contributed by atoms with Crippen molar-refractivity contribution in [2.75, 3.05) is 31.7 Å². The van der Waals surface area contributed by atoms with Gasteiger partial charge < -0.3 is 24.7 Å². The van der Waals surface area contributed by atoms with Crippen molar-refractivity contribution in [1.29, 1.82) is 5.26 Å². The lowest BCUT2D eigenvalue weighted by atomic mass is 10.0. The van der Waals surface area contributed by atoms with Crippen LogP contribution in [0.1, 0.15) is 44.8 Å². The van der Waals surface area contributed by atoms with E-state index in [0.29, 0.717) is 30.3 Å². The highest BCUT2D eigenvalue weighted by atomic mass is 35.5. The number of hydrogen-bond donors (Lipinski definition) is 2. The van der Waals surface area contributed by atoms with E-state index in [9.17, 15) is 19.2 Å². The van der Waals surface area contributed by atoms with Crippen LogP contribution in [0.4, 0.5) is 9.52 Å². The molecule has 1 aliphatic rings. The molecule has 0 bridgehead atoms. The summed E-state index contributed by atoms with van der Waals surface area (Å²) in [6.45, 7) is 4.34. The van der Waals surface area contributed by atoms with Crippen molar-refractivity contribution < 1.29 is 23.5 Å². The van der Waals surface area contributed by atoms with Crippen LogP contribution in [0.5, 0.6) is 0 Å². The van der Waals surface area contributed by atoms with E-state index in [0.717, 1.165) is 11.3 Å². The van der Waals surface area contributed by atoms with Crippen LogP contribution < -0.4 is 10.2 Å². The lowest BCUT2D eigenvalue weighted by molar-refractivity contribution is 0.0531. The van der Waals surface area contributed by atoms with Crippen molar-refractivity contribution in [2.24, 2.45) is 0 Å². The Balaban J connectivity index is 1.56. The van der Waals surface area contributed by atoms with Gasteiger partial charge in [0.05, 0.1) is 23.8 Å². The minimum absolute atomic E-state index is 0.0355. The van der Waals surface area contributed by atoms with Crippen LogP contribution in [0.25, 0.3) is 11.4 Å². The highest BCUT2D eigenvalue weighted by molar-refractivity contribution is 7.17. The number of amides is 1. The molecule has 0 spiro atoms. The molecule has 2 atom stereocenters. The molecule has 1 fully saturated rings. The fourth-order valence-electron chi connectivity index (χ4n) is 4.11. The van der Waals surface area contributed by atoms with Gasteiger partial charge in [0.15, 0.2) is 10.9 Å². The number of pyridine rings is 1. The molecule has 10 nitrogen and oxygen atoms in total. The minimum Gasteiger partial charge on any atom is -0.462 e. The Bertz CT molecular complexity index is 1370. The van der Waals surface area contributed by atoms with Gasteiger partial charge in [-0.05, 0) is 32.4 Å². The molecule has 1 amide bonds. The van der Waals surface area contributed by atoms with Crippen LogP contribution >= 0.6 is 22.9 Å². The third kappa shape index (κ3) is 5.29. The number of aromatic nitrogens is 3. The maximum Gasteiger partial charge on any atom is 0.350 e. The first kappa shape index (κ1) is 26.5. The number of esters is 1. The standard InChI is InChI=1S/C24H24ClFN6O4S/c1-4-36-23(34)21-20(19-14(26)6-5-8-28-19)31-24(37-21)32-9-7-15(16(11-32)35-3)30-22(33)18-13(10-27)17(25)12(2)29-18/h5-6,8,15-16,29H,4,7,9,11H2,1-3H3,(H,30,33)/t15-,16+/m1/s1. The predicted molar refractivity (Wildman–Crippen MR) is 135 cm³/mol. The number of nitrogens with zero attached hydrogens (tertiary/aromatic N) is 4. The number of rotatable bonds is 7. The number of anilines is 1. The van der Waals surface area contributed by atoms with E-state index in [1.54, 1.807) is 13.8 Å². The summed E-state index contributed by atoms with van der Waals surface area (Å²) >= 11 is 7.21. The molecular formula is C24H24ClFN6O4S. The molecule has 194 valence electrons. The first-order valence-corrected chi connectivity index (χ1v) is 12.6. The van der Waals surface area contributed by atoms with Gasteiger partial charge in [0.2, 0.25) is 0 Å². The van der Waals surface area contributed by atoms with E-state index < -0.39 is 23.8 Å². The molecule has 0 aromatic carbocycles. The van der Waals surface area contributed by atoms with Gasteiger partial charge in [-0.1, -0.05) is 22.9 Å². The van der Waals surface area contributed by atoms with Crippen LogP contribution in [-0.4, -0.2) is 65.8 Å². The molecule has 3 aromatic heterocycles. The molecule has 37 heavy (non-hydrogen) atoms. The molecule has 4 rings (SSSR count). The summed E-state index contributed by atoms with van der Waals surface area (Å²) in [4.78, 5) is 39.1. The molecule has 3 aromatic rings. The molecule has 1 saturated heterocycles. The SMILES string of the molecule is CCOC(=O)c1sc(N2CC[C@@H](NC(=O)c3[nH]c(C)c(Cl)c3C#N)[C@@H](OC)C2)nc1-c1ncccc1F. The number of piperidine rings is 1. The van der Waals surface area contributed by atoms with E-state index in [1.807, 2.05) is 11.0 Å². The van der Waals surface area contributed by atoms with Crippen molar-refractivity contribution in [2.45, 2.75) is 32.4 Å². The normalized spacial score (nSPS) is 17.4. The molecule has 13 heteroatoms. The average Bonchev–Trinajstić information content (AvgIpc) is 3.46. The number of nitriles is 1. The number of nitrogens with one attached hydrogen (secondary N) is 2. The van der Waals surface area contributed by atoms with Gasteiger partial charge in [-0.15, -0.1) is 0 Å². The maximum absolute atomic E-state index is 14.5. The van der Waals surface area contributed by atoms with Gasteiger partial charge in [-0.25, -0.2) is 14.2 Å². The number of methoxy groups -OCH3 is 1. The zero-order chi connectivity index (χ0) is 26.7. The topological polar surface area (TPSA) is 133 Å². The van der Waals surface area contributed by atoms with E-state index in [4.69, 9.17) is 21.1 Å². The van der Waals surface area contributed by atoms with Crippen LogP contribution in [0.2, 0.25) is 5.02 Å². The highest BCUT2D eigenvalue weighted by Crippen LogP contribution is 2.35. The third-order valence-electron chi connectivity index (χ3n) is 5.96. The van der Waals surface area contributed by atoms with Crippen LogP contribution in [0.3, 0.4) is 0 Å². The summed E-state index contributed by atoms with van der Waals surface area (Å²) in [5, 5.41) is 13.0. The van der Waals surface area contributed by atoms with Crippen LogP contribution in [-0.2, 0) is 9.47 Å². The highest BCUT2D eigenvalue weighted by Gasteiger charge is 2.34. The number of H-pyrrole nitrogens is 1. The lowest BCUT2D eigenvalue weighted by Crippen LogP contribution is -2.55. The van der Waals surface area contributed by atoms with Gasteiger partial charge in [0, 0.05) is 32.1 Å². The fraction of sp³-hybridized carbons (Fsp3) is 0.375. The van der Waals surface area contributed by atoms with Crippen LogP contribution in [0, 0.1) is 24.1 Å². The van der Waals surface area contributed by atoms with E-state index >= 15 is 0 Å². The first-order valence-electron chi connectivity index (χ1n) is 11.4. The second-order valence-electron chi connectivity index (χ2n) is 8.24. The van der Waals surface area contributed by atoms with Gasteiger partial charge in [0.25, 0.3) is 5.91 Å². The second kappa shape index (κ2) is 11.2. The van der Waals surface area contributed by atoms with Crippen LogP contribution in [0.15, 0.2) is 18.3 Å². The molecular weight excluding hydrogens is 523 g/mol. The monoisotopic (exact) mass is 546 g/mol. The van der Waals surface area contributed by atoms with Gasteiger partial charge in [-0.2, -0.15) is 5.26 Å². The van der Waals surface area contributed by atoms with Crippen molar-refractivity contribution in [1.82, 2.24) is 20.3 Å². The lowest BCUT2D eigenvalue weighted by Gasteiger charge is -2.37. The summed E-state index contributed by atoms with van der Waals surface area (Å²) in [7, 11) is 1.53. The number of thiazole rings is 1. The Morgan fingerprint density at radius 3 is 2.89 bits per heavy atom. The maximum atomic E-state index is 14.5. The van der Waals surface area contributed by atoms with Crippen molar-refractivity contribution >= 4 is 39.9 Å². The Kier molecular flexibility index (Phi) is 8.06. The van der Waals surface area contributed by atoms with E-state index in [1.165, 1.54) is 25.4 Å². The number of aryl methyl sites for hydroxylation is 1. The third-order valence-corrected chi connectivity index (χ3v) is 7.53. The summed E-state index contributed by atoms with van der Waals surface area (Å²) in [5.74, 6) is -1.67. The second-order valence-corrected chi connectivity index (χ2v) is 9.60. The summed E-state index contributed by atoms with van der Waals surface area (Å²) in [5.41, 5.74) is 0.799. The first-order chi connectivity index (χ1) is 17.8. The Hall–Kier alpha value is -3.53. The number of halogens is 2. The Morgan fingerprint density at radius 1 is 1.43 bits per heavy atom. The van der Waals surface area contributed by atoms with Gasteiger partial charge in [-0.3, -0.25) is 9.78 Å². The zero-order valence-electron chi connectivity index (χ0n) is 20.3. The summed E-state index contributed by atoms with van der Waals surface area (Å²) < 4.78 is 25.3. The van der Waals surface area contributed by atoms with Gasteiger partial charge in [0.1, 0.15) is 33.6 Å². The predicted octanol–water partition coefficient (Wildman–Crippen LogP) is 3.71. The number of carbonyl (C=O) groups is 2. The fourth-order valence-corrected chi connectivity index (χ4v) is 5.29. The van der Waals surface area contributed by atoms with Crippen molar-refractivity contribution in [3.63, 3.8) is 0 Å². The largest absolute Gasteiger partial charge is 0.462 e. The molecule has 0 saturated carbocycles. The average molecular weight is 547 g/mol. The smallest absolute Gasteiger partial charge is 0.350 e. The van der Waals surface area contributed by atoms with E-state index in [-0.39, 0.29) is 45.2 Å². The Labute approximate surface area is 221 Å². The number of hydrogen-bond acceptors (Lipinski definition) is 9. The minimum atomic E-state index is -0.607. The van der Waals surface area contributed by atoms with Gasteiger partial charge >= 0.3 is 5.97 Å². The van der Waals surface area contributed by atoms with Crippen molar-refractivity contribution in [3.05, 3.63) is 51.0 Å². The number of ether oxygens (including phenoxy) is 2. The number of carbonyl (C=O) groups excluding carboxylic acids is 2. The zero-order valence-corrected chi connectivity index (χ0v) is 21.9. The summed E-state index contributed by atoms with van der Waals surface area (Å²) in [6.07, 6.45) is 1.49.